The minimum atomic E-state index is -0.232. The summed E-state index contributed by atoms with van der Waals surface area (Å²) in [5.74, 6) is -0.365. The van der Waals surface area contributed by atoms with E-state index in [1.165, 1.54) is 18.3 Å². The minimum absolute atomic E-state index is 0.133. The third-order valence-corrected chi connectivity index (χ3v) is 5.07. The maximum absolute atomic E-state index is 12.5. The van der Waals surface area contributed by atoms with E-state index in [1.54, 1.807) is 24.4 Å². The van der Waals surface area contributed by atoms with Crippen LogP contribution in [-0.2, 0) is 4.79 Å². The van der Waals surface area contributed by atoms with Crippen LogP contribution in [0.1, 0.15) is 23.0 Å². The van der Waals surface area contributed by atoms with Crippen molar-refractivity contribution in [1.82, 2.24) is 14.8 Å². The Morgan fingerprint density at radius 1 is 1.04 bits per heavy atom. The topological polar surface area (TPSA) is 88.9 Å². The number of nitrogens with one attached hydrogen (secondary N) is 2. The van der Waals surface area contributed by atoms with Crippen LogP contribution in [0, 0.1) is 6.92 Å². The summed E-state index contributed by atoms with van der Waals surface area (Å²) in [5.41, 5.74) is 3.91. The van der Waals surface area contributed by atoms with E-state index in [9.17, 15) is 9.59 Å². The first-order valence-electron chi connectivity index (χ1n) is 8.60. The summed E-state index contributed by atoms with van der Waals surface area (Å²) in [5, 5.41) is 10.3. The monoisotopic (exact) mass is 391 g/mol. The highest BCUT2D eigenvalue weighted by atomic mass is 32.1. The summed E-state index contributed by atoms with van der Waals surface area (Å²) < 4.78 is 2.69. The van der Waals surface area contributed by atoms with E-state index in [1.807, 2.05) is 41.9 Å². The summed E-state index contributed by atoms with van der Waals surface area (Å²) in [6.07, 6.45) is 1.74. The van der Waals surface area contributed by atoms with Crippen molar-refractivity contribution in [3.63, 3.8) is 0 Å². The molecule has 0 atom stereocenters. The molecule has 7 nitrogen and oxygen atoms in total. The number of aromatic nitrogens is 3. The van der Waals surface area contributed by atoms with E-state index >= 15 is 0 Å². The number of nitrogens with zero attached hydrogens (tertiary/aromatic N) is 3. The predicted octanol–water partition coefficient (Wildman–Crippen LogP) is 4.00. The zero-order chi connectivity index (χ0) is 19.7. The van der Waals surface area contributed by atoms with E-state index in [4.69, 9.17) is 0 Å². The number of carbonyl (C=O) groups is 2. The van der Waals surface area contributed by atoms with Gasteiger partial charge in [-0.1, -0.05) is 11.3 Å². The van der Waals surface area contributed by atoms with Gasteiger partial charge in [-0.05, 0) is 55.5 Å². The Balaban J connectivity index is 1.51. The highest BCUT2D eigenvalue weighted by Gasteiger charge is 2.11. The van der Waals surface area contributed by atoms with Crippen LogP contribution in [0.4, 0.5) is 10.8 Å². The molecule has 2 heterocycles. The quantitative estimate of drug-likeness (QED) is 0.550. The van der Waals surface area contributed by atoms with E-state index in [0.717, 1.165) is 21.6 Å². The third-order valence-electron chi connectivity index (χ3n) is 4.14. The number of benzene rings is 2. The molecule has 2 aromatic carbocycles. The molecule has 4 aromatic rings. The van der Waals surface area contributed by atoms with E-state index < -0.39 is 0 Å². The van der Waals surface area contributed by atoms with Crippen LogP contribution in [-0.4, -0.2) is 26.6 Å². The zero-order valence-electron chi connectivity index (χ0n) is 15.3. The van der Waals surface area contributed by atoms with Gasteiger partial charge in [0.05, 0.1) is 15.9 Å². The Kier molecular flexibility index (Phi) is 4.62. The van der Waals surface area contributed by atoms with Crippen molar-refractivity contribution in [2.45, 2.75) is 13.8 Å². The number of thiazole rings is 1. The molecule has 0 aliphatic carbocycles. The molecular formula is C20H17N5O2S. The van der Waals surface area contributed by atoms with Crippen molar-refractivity contribution in [1.29, 1.82) is 0 Å². The van der Waals surface area contributed by atoms with Crippen LogP contribution >= 0.6 is 11.3 Å². The van der Waals surface area contributed by atoms with Crippen LogP contribution in [0.25, 0.3) is 15.9 Å². The second-order valence-electron chi connectivity index (χ2n) is 6.27. The molecule has 0 fully saturated rings. The number of aryl methyl sites for hydroxylation is 1. The minimum Gasteiger partial charge on any atom is -0.326 e. The summed E-state index contributed by atoms with van der Waals surface area (Å²) in [6.45, 7) is 3.43. The molecule has 2 amide bonds. The van der Waals surface area contributed by atoms with Gasteiger partial charge in [0, 0.05) is 30.1 Å². The molecule has 0 saturated heterocycles. The largest absolute Gasteiger partial charge is 0.326 e. The van der Waals surface area contributed by atoms with Crippen LogP contribution in [0.15, 0.2) is 54.7 Å². The Labute approximate surface area is 165 Å². The van der Waals surface area contributed by atoms with Gasteiger partial charge in [0.2, 0.25) is 5.91 Å². The molecule has 28 heavy (non-hydrogen) atoms. The molecule has 0 radical (unpaired) electrons. The van der Waals surface area contributed by atoms with Crippen molar-refractivity contribution in [3.05, 3.63) is 66.0 Å². The summed E-state index contributed by atoms with van der Waals surface area (Å²) in [6, 6.07) is 14.6. The molecule has 140 valence electrons. The fourth-order valence-corrected chi connectivity index (χ4v) is 3.72. The Hall–Kier alpha value is -3.52. The Morgan fingerprint density at radius 2 is 1.82 bits per heavy atom. The van der Waals surface area contributed by atoms with E-state index in [2.05, 4.69) is 20.7 Å². The lowest BCUT2D eigenvalue weighted by atomic mass is 10.2. The molecule has 0 saturated carbocycles. The average Bonchev–Trinajstić information content (AvgIpc) is 3.26. The SMILES string of the molecule is CC(=O)Nc1ccc2nc(NC(=O)c3ccc(-n4nccc4C)cc3)sc2c1. The van der Waals surface area contributed by atoms with E-state index in [0.29, 0.717) is 16.4 Å². The van der Waals surface area contributed by atoms with Crippen LogP contribution in [0.5, 0.6) is 0 Å². The van der Waals surface area contributed by atoms with E-state index in [-0.39, 0.29) is 11.8 Å². The second-order valence-corrected chi connectivity index (χ2v) is 7.30. The fraction of sp³-hybridized carbons (Fsp3) is 0.100. The first-order valence-corrected chi connectivity index (χ1v) is 9.42. The highest BCUT2D eigenvalue weighted by Crippen LogP contribution is 2.28. The van der Waals surface area contributed by atoms with Gasteiger partial charge in [-0.3, -0.25) is 14.9 Å². The van der Waals surface area contributed by atoms with Gasteiger partial charge in [-0.15, -0.1) is 0 Å². The number of amides is 2. The standard InChI is InChI=1S/C20H17N5O2S/c1-12-9-10-21-25(12)16-6-3-14(4-7-16)19(27)24-20-23-17-8-5-15(22-13(2)26)11-18(17)28-20/h3-11H,1-2H3,(H,22,26)(H,23,24,27). The second kappa shape index (κ2) is 7.24. The zero-order valence-corrected chi connectivity index (χ0v) is 16.1. The molecule has 2 N–H and O–H groups in total. The predicted molar refractivity (Wildman–Crippen MR) is 110 cm³/mol. The molecule has 2 aromatic heterocycles. The average molecular weight is 391 g/mol. The first kappa shape index (κ1) is 17.9. The smallest absolute Gasteiger partial charge is 0.257 e. The molecule has 0 bridgehead atoms. The number of rotatable bonds is 4. The first-order chi connectivity index (χ1) is 13.5. The van der Waals surface area contributed by atoms with Gasteiger partial charge < -0.3 is 5.32 Å². The van der Waals surface area contributed by atoms with Crippen molar-refractivity contribution in [2.24, 2.45) is 0 Å². The molecule has 8 heteroatoms. The molecule has 0 unspecified atom stereocenters. The number of anilines is 2. The number of hydrogen-bond acceptors (Lipinski definition) is 5. The molecule has 4 rings (SSSR count). The molecule has 0 aliphatic rings. The number of carbonyl (C=O) groups excluding carboxylic acids is 2. The highest BCUT2D eigenvalue weighted by molar-refractivity contribution is 7.22. The fourth-order valence-electron chi connectivity index (χ4n) is 2.82. The molecular weight excluding hydrogens is 374 g/mol. The lowest BCUT2D eigenvalue weighted by Gasteiger charge is -2.06. The van der Waals surface area contributed by atoms with Gasteiger partial charge in [0.1, 0.15) is 0 Å². The van der Waals surface area contributed by atoms with Crippen molar-refractivity contribution in [3.8, 4) is 5.69 Å². The van der Waals surface area contributed by atoms with Gasteiger partial charge in [0.25, 0.3) is 5.91 Å². The van der Waals surface area contributed by atoms with Crippen molar-refractivity contribution < 1.29 is 9.59 Å². The summed E-state index contributed by atoms with van der Waals surface area (Å²) >= 11 is 1.36. The van der Waals surface area contributed by atoms with Crippen LogP contribution < -0.4 is 10.6 Å². The number of fused-ring (bicyclic) bond motifs is 1. The molecule has 0 spiro atoms. The van der Waals surface area contributed by atoms with Crippen molar-refractivity contribution in [2.75, 3.05) is 10.6 Å². The van der Waals surface area contributed by atoms with Crippen LogP contribution in [0.2, 0.25) is 0 Å². The Morgan fingerprint density at radius 3 is 2.50 bits per heavy atom. The summed E-state index contributed by atoms with van der Waals surface area (Å²) in [4.78, 5) is 28.2. The van der Waals surface area contributed by atoms with Gasteiger partial charge in [0.15, 0.2) is 5.13 Å². The Bertz CT molecular complexity index is 1180. The maximum Gasteiger partial charge on any atom is 0.257 e. The van der Waals surface area contributed by atoms with Gasteiger partial charge >= 0.3 is 0 Å². The summed E-state index contributed by atoms with van der Waals surface area (Å²) in [7, 11) is 0. The normalized spacial score (nSPS) is 10.8. The van der Waals surface area contributed by atoms with Gasteiger partial charge in [-0.2, -0.15) is 5.10 Å². The van der Waals surface area contributed by atoms with Gasteiger partial charge in [-0.25, -0.2) is 9.67 Å². The maximum atomic E-state index is 12.5. The van der Waals surface area contributed by atoms with Crippen LogP contribution in [0.3, 0.4) is 0 Å². The lowest BCUT2D eigenvalue weighted by molar-refractivity contribution is -0.114. The lowest BCUT2D eigenvalue weighted by Crippen LogP contribution is -2.11. The van der Waals surface area contributed by atoms with Crippen molar-refractivity contribution >= 4 is 44.2 Å². The molecule has 0 aliphatic heterocycles. The third kappa shape index (κ3) is 3.63. The number of hydrogen-bond donors (Lipinski definition) is 2.